The van der Waals surface area contributed by atoms with Crippen molar-refractivity contribution >= 4 is 40.3 Å². The molecule has 1 heterocycles. The zero-order valence-corrected chi connectivity index (χ0v) is 21.5. The van der Waals surface area contributed by atoms with Crippen LogP contribution in [0.5, 0.6) is 5.75 Å². The largest absolute Gasteiger partial charge is 0.496 e. The van der Waals surface area contributed by atoms with Gasteiger partial charge in [-0.15, -0.1) is 0 Å². The van der Waals surface area contributed by atoms with Gasteiger partial charge >= 0.3 is 5.97 Å². The first-order chi connectivity index (χ1) is 17.7. The molecule has 0 atom stereocenters. The lowest BCUT2D eigenvalue weighted by Gasteiger charge is -2.14. The summed E-state index contributed by atoms with van der Waals surface area (Å²) in [5.41, 5.74) is 3.07. The van der Waals surface area contributed by atoms with Crippen molar-refractivity contribution in [3.63, 3.8) is 0 Å². The minimum absolute atomic E-state index is 0.0188. The summed E-state index contributed by atoms with van der Waals surface area (Å²) < 4.78 is 34.3. The molecule has 10 heteroatoms. The lowest BCUT2D eigenvalue weighted by atomic mass is 9.97. The highest BCUT2D eigenvalue weighted by Crippen LogP contribution is 2.32. The van der Waals surface area contributed by atoms with E-state index in [1.54, 1.807) is 30.5 Å². The highest BCUT2D eigenvalue weighted by atomic mass is 32.2. The molecule has 1 amide bonds. The van der Waals surface area contributed by atoms with Gasteiger partial charge in [0.25, 0.3) is 5.91 Å². The molecule has 0 radical (unpaired) electrons. The van der Waals surface area contributed by atoms with Gasteiger partial charge in [-0.3, -0.25) is 9.78 Å². The summed E-state index contributed by atoms with van der Waals surface area (Å²) in [4.78, 5) is 30.0. The lowest BCUT2D eigenvalue weighted by Crippen LogP contribution is -2.14. The number of nitrogens with zero attached hydrogens (tertiary/aromatic N) is 1. The van der Waals surface area contributed by atoms with E-state index < -0.39 is 21.7 Å². The number of benzene rings is 3. The monoisotopic (exact) mass is 534 g/mol. The molecule has 1 N–H and O–H groups in total. The number of pyridine rings is 1. The van der Waals surface area contributed by atoms with Crippen LogP contribution in [0.1, 0.15) is 20.7 Å². The van der Waals surface area contributed by atoms with E-state index in [4.69, 9.17) is 4.74 Å². The number of nitrogens with one attached hydrogen (secondary N) is 1. The summed E-state index contributed by atoms with van der Waals surface area (Å²) in [6.07, 6.45) is 2.76. The predicted molar refractivity (Wildman–Crippen MR) is 144 cm³/mol. The fraction of sp³-hybridized carbons (Fsp3) is 0.0741. The molecule has 0 aliphatic rings. The third kappa shape index (κ3) is 5.82. The molecule has 0 bridgehead atoms. The number of anilines is 1. The molecule has 0 fully saturated rings. The molecule has 0 saturated carbocycles. The molecule has 0 aliphatic carbocycles. The second kappa shape index (κ2) is 10.9. The van der Waals surface area contributed by atoms with Gasteiger partial charge in [0.05, 0.1) is 17.7 Å². The average molecular weight is 535 g/mol. The summed E-state index contributed by atoms with van der Waals surface area (Å²) in [6.45, 7) is 0. The first-order valence-electron chi connectivity index (χ1n) is 10.9. The maximum atomic E-state index is 13.4. The molecule has 0 aliphatic heterocycles. The van der Waals surface area contributed by atoms with Crippen LogP contribution in [0.4, 0.5) is 5.69 Å². The molecular formula is C27H22N2O6S2. The molecule has 37 heavy (non-hydrogen) atoms. The van der Waals surface area contributed by atoms with Gasteiger partial charge in [0.1, 0.15) is 11.3 Å². The zero-order valence-electron chi connectivity index (χ0n) is 19.8. The van der Waals surface area contributed by atoms with Crippen molar-refractivity contribution in [2.24, 2.45) is 0 Å². The van der Waals surface area contributed by atoms with Gasteiger partial charge < -0.3 is 14.2 Å². The Bertz CT molecular complexity index is 1590. The molecule has 4 aromatic rings. The number of hydrogen-bond donors (Lipinski definition) is 2. The van der Waals surface area contributed by atoms with Crippen LogP contribution in [0.2, 0.25) is 0 Å². The predicted octanol–water partition coefficient (Wildman–Crippen LogP) is 5.08. The summed E-state index contributed by atoms with van der Waals surface area (Å²) >= 11 is 3.58. The number of hydrogen-bond acceptors (Lipinski definition) is 8. The van der Waals surface area contributed by atoms with Crippen molar-refractivity contribution in [1.29, 1.82) is 0 Å². The highest BCUT2D eigenvalue weighted by Gasteiger charge is 2.21. The molecule has 8 nitrogen and oxygen atoms in total. The van der Waals surface area contributed by atoms with Crippen molar-refractivity contribution in [1.82, 2.24) is 4.98 Å². The highest BCUT2D eigenvalue weighted by molar-refractivity contribution is 7.90. The van der Waals surface area contributed by atoms with Crippen LogP contribution < -0.4 is 10.1 Å². The molecule has 188 valence electrons. The summed E-state index contributed by atoms with van der Waals surface area (Å²) in [5.74, 6) is -1.000. The van der Waals surface area contributed by atoms with Crippen LogP contribution >= 0.6 is 12.9 Å². The number of sulfone groups is 1. The van der Waals surface area contributed by atoms with Gasteiger partial charge in [0.2, 0.25) is 0 Å². The fourth-order valence-electron chi connectivity index (χ4n) is 3.76. The van der Waals surface area contributed by atoms with E-state index in [0.717, 1.165) is 17.5 Å². The third-order valence-electron chi connectivity index (χ3n) is 5.56. The van der Waals surface area contributed by atoms with Gasteiger partial charge in [0, 0.05) is 42.2 Å². The Kier molecular flexibility index (Phi) is 7.61. The Morgan fingerprint density at radius 3 is 2.38 bits per heavy atom. The minimum Gasteiger partial charge on any atom is -0.496 e. The molecule has 1 aromatic heterocycles. The lowest BCUT2D eigenvalue weighted by molar-refractivity contribution is 0.0768. The van der Waals surface area contributed by atoms with Gasteiger partial charge in [-0.25, -0.2) is 13.2 Å². The van der Waals surface area contributed by atoms with Crippen molar-refractivity contribution in [3.05, 3.63) is 96.2 Å². The van der Waals surface area contributed by atoms with E-state index in [0.29, 0.717) is 16.8 Å². The smallest absolute Gasteiger partial charge is 0.353 e. The van der Waals surface area contributed by atoms with Gasteiger partial charge in [-0.1, -0.05) is 24.3 Å². The second-order valence-electron chi connectivity index (χ2n) is 8.02. The standard InChI is InChI=1S/C27H22N2O6S2/c1-34-25-12-9-17(15-23(25)27(31)35-36)22-16-20(37(2,32)33)10-11-21(22)26(30)29-19-7-5-6-18(14-19)24-8-3-4-13-28-24/h3-16,36H,1-2H3,(H,29,30). The van der Waals surface area contributed by atoms with E-state index in [-0.39, 0.29) is 21.8 Å². The van der Waals surface area contributed by atoms with Crippen molar-refractivity contribution in [3.8, 4) is 28.1 Å². The quantitative estimate of drug-likeness (QED) is 0.251. The molecule has 4 rings (SSSR count). The third-order valence-corrected chi connectivity index (χ3v) is 6.83. The number of amides is 1. The maximum Gasteiger partial charge on any atom is 0.353 e. The Labute approximate surface area is 219 Å². The SMILES string of the molecule is COc1ccc(-c2cc(S(C)(=O)=O)ccc2C(=O)Nc2cccc(-c3ccccn3)c2)cc1C(=O)OS. The van der Waals surface area contributed by atoms with Crippen molar-refractivity contribution in [2.45, 2.75) is 4.90 Å². The van der Waals surface area contributed by atoms with Crippen LogP contribution in [0.15, 0.2) is 90.0 Å². The van der Waals surface area contributed by atoms with Crippen LogP contribution in [0, 0.1) is 0 Å². The van der Waals surface area contributed by atoms with E-state index in [2.05, 4.69) is 27.4 Å². The van der Waals surface area contributed by atoms with Crippen LogP contribution in [-0.2, 0) is 14.0 Å². The summed E-state index contributed by atoms with van der Waals surface area (Å²) in [6, 6.07) is 21.6. The van der Waals surface area contributed by atoms with Gasteiger partial charge in [-0.2, -0.15) is 0 Å². The number of carbonyl (C=O) groups is 2. The number of rotatable bonds is 7. The summed E-state index contributed by atoms with van der Waals surface area (Å²) in [7, 11) is -2.19. The van der Waals surface area contributed by atoms with E-state index >= 15 is 0 Å². The van der Waals surface area contributed by atoms with Crippen molar-refractivity contribution in [2.75, 3.05) is 18.7 Å². The molecular weight excluding hydrogens is 512 g/mol. The fourth-order valence-corrected chi connectivity index (χ4v) is 4.51. The topological polar surface area (TPSA) is 112 Å². The number of aromatic nitrogens is 1. The first-order valence-corrected chi connectivity index (χ1v) is 13.2. The maximum absolute atomic E-state index is 13.4. The number of thiol groups is 1. The average Bonchev–Trinajstić information content (AvgIpc) is 2.92. The normalized spacial score (nSPS) is 11.0. The Balaban J connectivity index is 1.78. The van der Waals surface area contributed by atoms with Crippen LogP contribution in [0.25, 0.3) is 22.4 Å². The van der Waals surface area contributed by atoms with E-state index in [9.17, 15) is 18.0 Å². The van der Waals surface area contributed by atoms with Crippen molar-refractivity contribution < 1.29 is 26.9 Å². The minimum atomic E-state index is -3.58. The Morgan fingerprint density at radius 1 is 0.892 bits per heavy atom. The second-order valence-corrected chi connectivity index (χ2v) is 10.2. The first kappa shape index (κ1) is 25.9. The molecule has 0 spiro atoms. The zero-order chi connectivity index (χ0) is 26.6. The molecule has 0 saturated heterocycles. The van der Waals surface area contributed by atoms with Gasteiger partial charge in [-0.05, 0) is 65.7 Å². The van der Waals surface area contributed by atoms with Crippen LogP contribution in [-0.4, -0.2) is 38.6 Å². The number of ether oxygens (including phenoxy) is 1. The molecule has 3 aromatic carbocycles. The Morgan fingerprint density at radius 2 is 1.70 bits per heavy atom. The number of methoxy groups -OCH3 is 1. The van der Waals surface area contributed by atoms with E-state index in [1.165, 1.54) is 37.4 Å². The van der Waals surface area contributed by atoms with E-state index in [1.807, 2.05) is 24.3 Å². The van der Waals surface area contributed by atoms with Gasteiger partial charge in [0.15, 0.2) is 9.84 Å². The summed E-state index contributed by atoms with van der Waals surface area (Å²) in [5, 5.41) is 2.86. The van der Waals surface area contributed by atoms with Crippen LogP contribution in [0.3, 0.4) is 0 Å². The Hall–Kier alpha value is -4.15. The molecule has 0 unspecified atom stereocenters. The number of carbonyl (C=O) groups excluding carboxylic acids is 2.